The maximum absolute atomic E-state index is 12.8. The van der Waals surface area contributed by atoms with Gasteiger partial charge in [0.2, 0.25) is 0 Å². The van der Waals surface area contributed by atoms with Crippen LogP contribution in [0.5, 0.6) is 0 Å². The van der Waals surface area contributed by atoms with E-state index in [1.54, 1.807) is 6.07 Å². The van der Waals surface area contributed by atoms with E-state index in [4.69, 9.17) is 11.6 Å². The minimum Gasteiger partial charge on any atom is -0.387 e. The summed E-state index contributed by atoms with van der Waals surface area (Å²) in [6, 6.07) is 5.46. The molecule has 1 atom stereocenters. The zero-order valence-electron chi connectivity index (χ0n) is 13.3. The molecule has 1 amide bonds. The van der Waals surface area contributed by atoms with Crippen LogP contribution < -0.4 is 5.32 Å². The number of benzene rings is 1. The van der Waals surface area contributed by atoms with E-state index in [0.717, 1.165) is 30.3 Å². The van der Waals surface area contributed by atoms with Crippen molar-refractivity contribution in [2.75, 3.05) is 25.5 Å². The van der Waals surface area contributed by atoms with Gasteiger partial charge in [-0.3, -0.25) is 4.79 Å². The largest absolute Gasteiger partial charge is 0.387 e. The Bertz CT molecular complexity index is 540. The van der Waals surface area contributed by atoms with Crippen LogP contribution in [0.1, 0.15) is 48.9 Å². The first-order valence-electron chi connectivity index (χ1n) is 8.45. The average molecular weight is 321 g/mol. The third-order valence-electron chi connectivity index (χ3n) is 5.31. The summed E-state index contributed by atoms with van der Waals surface area (Å²) in [6.45, 7) is 1.82. The Morgan fingerprint density at radius 3 is 2.68 bits per heavy atom. The number of carbonyl (C=O) groups excluding carboxylic acids is 1. The molecule has 1 heterocycles. The van der Waals surface area contributed by atoms with Crippen molar-refractivity contribution < 1.29 is 4.79 Å². The van der Waals surface area contributed by atoms with Crippen LogP contribution in [-0.4, -0.2) is 30.9 Å². The number of anilines is 1. The molecule has 0 radical (unpaired) electrons. The fourth-order valence-electron chi connectivity index (χ4n) is 4.04. The van der Waals surface area contributed by atoms with E-state index >= 15 is 0 Å². The van der Waals surface area contributed by atoms with Gasteiger partial charge in [-0.1, -0.05) is 43.7 Å². The van der Waals surface area contributed by atoms with E-state index in [9.17, 15) is 4.79 Å². The molecule has 1 aliphatic heterocycles. The van der Waals surface area contributed by atoms with Crippen LogP contribution in [0.15, 0.2) is 18.2 Å². The predicted molar refractivity (Wildman–Crippen MR) is 91.6 cm³/mol. The van der Waals surface area contributed by atoms with Crippen LogP contribution in [0.4, 0.5) is 5.69 Å². The number of hydrogen-bond donors (Lipinski definition) is 1. The van der Waals surface area contributed by atoms with Gasteiger partial charge >= 0.3 is 0 Å². The van der Waals surface area contributed by atoms with Gasteiger partial charge < -0.3 is 10.2 Å². The number of amides is 1. The maximum atomic E-state index is 12.8. The van der Waals surface area contributed by atoms with Crippen LogP contribution in [0.3, 0.4) is 0 Å². The van der Waals surface area contributed by atoms with Gasteiger partial charge in [0, 0.05) is 30.8 Å². The van der Waals surface area contributed by atoms with Gasteiger partial charge in [0.25, 0.3) is 5.91 Å². The van der Waals surface area contributed by atoms with E-state index in [-0.39, 0.29) is 5.91 Å². The lowest BCUT2D eigenvalue weighted by Gasteiger charge is -2.27. The molecule has 1 unspecified atom stereocenters. The van der Waals surface area contributed by atoms with E-state index < -0.39 is 0 Å². The monoisotopic (exact) mass is 320 g/mol. The number of hydrogen-bond acceptors (Lipinski definition) is 2. The van der Waals surface area contributed by atoms with Gasteiger partial charge in [0.15, 0.2) is 0 Å². The highest BCUT2D eigenvalue weighted by atomic mass is 35.5. The lowest BCUT2D eigenvalue weighted by Crippen LogP contribution is -2.30. The second-order valence-corrected chi connectivity index (χ2v) is 7.07. The third-order valence-corrected chi connectivity index (χ3v) is 5.54. The van der Waals surface area contributed by atoms with Crippen molar-refractivity contribution in [1.29, 1.82) is 0 Å². The molecule has 120 valence electrons. The highest BCUT2D eigenvalue weighted by Crippen LogP contribution is 2.35. The Kier molecular flexibility index (Phi) is 4.92. The number of likely N-dealkylation sites (tertiary alicyclic amines) is 1. The zero-order chi connectivity index (χ0) is 15.5. The normalized spacial score (nSPS) is 22.8. The number of carbonyl (C=O) groups is 1. The van der Waals surface area contributed by atoms with Gasteiger partial charge in [-0.15, -0.1) is 0 Å². The Balaban J connectivity index is 1.68. The summed E-state index contributed by atoms with van der Waals surface area (Å²) in [5.74, 6) is 1.68. The Morgan fingerprint density at radius 1 is 1.18 bits per heavy atom. The van der Waals surface area contributed by atoms with Gasteiger partial charge in [0.1, 0.15) is 0 Å². The Morgan fingerprint density at radius 2 is 1.95 bits per heavy atom. The minimum absolute atomic E-state index is 0.138. The molecule has 0 aromatic heterocycles. The lowest BCUT2D eigenvalue weighted by molar-refractivity contribution is 0.0780. The van der Waals surface area contributed by atoms with E-state index in [1.165, 1.54) is 38.5 Å². The fourth-order valence-corrected chi connectivity index (χ4v) is 4.21. The summed E-state index contributed by atoms with van der Waals surface area (Å²) in [4.78, 5) is 14.8. The van der Waals surface area contributed by atoms with Crippen LogP contribution in [0.2, 0.25) is 5.02 Å². The topological polar surface area (TPSA) is 32.3 Å². The second kappa shape index (κ2) is 6.91. The van der Waals surface area contributed by atoms with E-state index in [0.29, 0.717) is 10.9 Å². The molecule has 0 spiro atoms. The molecule has 0 bridgehead atoms. The minimum atomic E-state index is 0.138. The van der Waals surface area contributed by atoms with Gasteiger partial charge in [-0.2, -0.15) is 0 Å². The van der Waals surface area contributed by atoms with Crippen LogP contribution in [0, 0.1) is 11.8 Å². The van der Waals surface area contributed by atoms with E-state index in [2.05, 4.69) is 5.32 Å². The number of nitrogens with one attached hydrogen (secondary N) is 1. The molecule has 3 rings (SSSR count). The van der Waals surface area contributed by atoms with Crippen LogP contribution in [-0.2, 0) is 0 Å². The first kappa shape index (κ1) is 15.7. The molecule has 1 saturated carbocycles. The van der Waals surface area contributed by atoms with Crippen LogP contribution >= 0.6 is 11.6 Å². The summed E-state index contributed by atoms with van der Waals surface area (Å²) in [5, 5.41) is 3.74. The molecule has 22 heavy (non-hydrogen) atoms. The first-order valence-corrected chi connectivity index (χ1v) is 8.83. The van der Waals surface area contributed by atoms with Crippen molar-refractivity contribution in [3.05, 3.63) is 28.8 Å². The summed E-state index contributed by atoms with van der Waals surface area (Å²) >= 11 is 6.02. The second-order valence-electron chi connectivity index (χ2n) is 6.64. The third kappa shape index (κ3) is 3.24. The molecular weight excluding hydrogens is 296 g/mol. The van der Waals surface area contributed by atoms with E-state index in [1.807, 2.05) is 24.1 Å². The Hall–Kier alpha value is -1.22. The molecule has 1 saturated heterocycles. The van der Waals surface area contributed by atoms with Crippen molar-refractivity contribution in [1.82, 2.24) is 4.90 Å². The molecule has 1 aromatic carbocycles. The van der Waals surface area contributed by atoms with Crippen molar-refractivity contribution in [3.63, 3.8) is 0 Å². The highest BCUT2D eigenvalue weighted by molar-refractivity contribution is 6.31. The van der Waals surface area contributed by atoms with Gasteiger partial charge in [-0.05, 0) is 36.5 Å². The quantitative estimate of drug-likeness (QED) is 0.894. The maximum Gasteiger partial charge on any atom is 0.255 e. The SMILES string of the molecule is CNc1cc(Cl)ccc1C(=O)N1CCC(C2CCCCC2)C1. The standard InChI is InChI=1S/C18H25ClN2O/c1-20-17-11-15(19)7-8-16(17)18(22)21-10-9-14(12-21)13-5-3-2-4-6-13/h7-8,11,13-14,20H,2-6,9-10,12H2,1H3. The van der Waals surface area contributed by atoms with Crippen molar-refractivity contribution in [2.24, 2.45) is 11.8 Å². The summed E-state index contributed by atoms with van der Waals surface area (Å²) < 4.78 is 0. The van der Waals surface area contributed by atoms with Gasteiger partial charge in [0.05, 0.1) is 5.56 Å². The summed E-state index contributed by atoms with van der Waals surface area (Å²) in [5.41, 5.74) is 1.55. The molecule has 2 fully saturated rings. The molecule has 1 aliphatic carbocycles. The molecule has 2 aliphatic rings. The smallest absolute Gasteiger partial charge is 0.255 e. The molecule has 4 heteroatoms. The van der Waals surface area contributed by atoms with Crippen molar-refractivity contribution >= 4 is 23.2 Å². The number of halogens is 1. The van der Waals surface area contributed by atoms with Crippen molar-refractivity contribution in [3.8, 4) is 0 Å². The molecule has 3 nitrogen and oxygen atoms in total. The molecular formula is C18H25ClN2O. The summed E-state index contributed by atoms with van der Waals surface area (Å²) in [7, 11) is 1.83. The highest BCUT2D eigenvalue weighted by Gasteiger charge is 2.33. The fraction of sp³-hybridized carbons (Fsp3) is 0.611. The first-order chi connectivity index (χ1) is 10.7. The zero-order valence-corrected chi connectivity index (χ0v) is 14.0. The Labute approximate surface area is 138 Å². The number of nitrogens with zero attached hydrogens (tertiary/aromatic N) is 1. The predicted octanol–water partition coefficient (Wildman–Crippen LogP) is 4.42. The average Bonchev–Trinajstić information content (AvgIpc) is 3.05. The molecule has 1 aromatic rings. The van der Waals surface area contributed by atoms with Gasteiger partial charge in [-0.25, -0.2) is 0 Å². The summed E-state index contributed by atoms with van der Waals surface area (Å²) in [6.07, 6.45) is 8.01. The van der Waals surface area contributed by atoms with Crippen LogP contribution in [0.25, 0.3) is 0 Å². The molecule has 1 N–H and O–H groups in total. The lowest BCUT2D eigenvalue weighted by atomic mass is 9.80. The number of rotatable bonds is 3. The van der Waals surface area contributed by atoms with Crippen molar-refractivity contribution in [2.45, 2.75) is 38.5 Å².